The third kappa shape index (κ3) is 2.11. The van der Waals surface area contributed by atoms with Gasteiger partial charge in [-0.3, -0.25) is 0 Å². The SMILES string of the molecule is O=S(=O)(c1cccs1)N1CCCC1C1CCCN1. The van der Waals surface area contributed by atoms with Gasteiger partial charge in [0.05, 0.1) is 0 Å². The predicted molar refractivity (Wildman–Crippen MR) is 72.3 cm³/mol. The smallest absolute Gasteiger partial charge is 0.252 e. The molecule has 1 aromatic heterocycles. The molecule has 0 aliphatic carbocycles. The zero-order valence-electron chi connectivity index (χ0n) is 10.2. The number of hydrogen-bond donors (Lipinski definition) is 1. The summed E-state index contributed by atoms with van der Waals surface area (Å²) >= 11 is 1.31. The molecule has 18 heavy (non-hydrogen) atoms. The van der Waals surface area contributed by atoms with Crippen LogP contribution in [0, 0.1) is 0 Å². The van der Waals surface area contributed by atoms with Crippen molar-refractivity contribution in [2.75, 3.05) is 13.1 Å². The minimum atomic E-state index is -3.27. The lowest BCUT2D eigenvalue weighted by Gasteiger charge is -2.28. The molecule has 100 valence electrons. The van der Waals surface area contributed by atoms with E-state index in [1.54, 1.807) is 16.4 Å². The Hall–Kier alpha value is -0.430. The second kappa shape index (κ2) is 4.92. The number of rotatable bonds is 3. The standard InChI is InChI=1S/C12H18N2O2S2/c15-18(16,12-6-3-9-17-12)14-8-2-5-11(14)10-4-1-7-13-10/h3,6,9-11,13H,1-2,4-5,7-8H2. The van der Waals surface area contributed by atoms with E-state index < -0.39 is 10.0 Å². The molecule has 0 aromatic carbocycles. The molecule has 0 saturated carbocycles. The summed E-state index contributed by atoms with van der Waals surface area (Å²) in [4.78, 5) is 0. The lowest BCUT2D eigenvalue weighted by atomic mass is 10.1. The summed E-state index contributed by atoms with van der Waals surface area (Å²) in [6.07, 6.45) is 4.23. The summed E-state index contributed by atoms with van der Waals surface area (Å²) in [5.41, 5.74) is 0. The molecular formula is C12H18N2O2S2. The van der Waals surface area contributed by atoms with E-state index in [1.165, 1.54) is 11.3 Å². The van der Waals surface area contributed by atoms with Crippen LogP contribution in [-0.4, -0.2) is 37.9 Å². The Labute approximate surface area is 112 Å². The first kappa shape index (κ1) is 12.6. The van der Waals surface area contributed by atoms with Crippen LogP contribution >= 0.6 is 11.3 Å². The van der Waals surface area contributed by atoms with E-state index >= 15 is 0 Å². The van der Waals surface area contributed by atoms with Gasteiger partial charge in [-0.25, -0.2) is 8.42 Å². The van der Waals surface area contributed by atoms with Gasteiger partial charge in [-0.2, -0.15) is 4.31 Å². The Morgan fingerprint density at radius 2 is 2.22 bits per heavy atom. The Morgan fingerprint density at radius 3 is 2.89 bits per heavy atom. The van der Waals surface area contributed by atoms with Crippen molar-refractivity contribution in [2.24, 2.45) is 0 Å². The van der Waals surface area contributed by atoms with Crippen molar-refractivity contribution in [3.05, 3.63) is 17.5 Å². The Kier molecular flexibility index (Phi) is 3.44. The van der Waals surface area contributed by atoms with Crippen molar-refractivity contribution in [1.29, 1.82) is 0 Å². The maximum Gasteiger partial charge on any atom is 0.252 e. The summed E-state index contributed by atoms with van der Waals surface area (Å²) < 4.78 is 27.3. The molecule has 6 heteroatoms. The van der Waals surface area contributed by atoms with Gasteiger partial charge in [0.15, 0.2) is 0 Å². The molecule has 3 rings (SSSR count). The lowest BCUT2D eigenvalue weighted by molar-refractivity contribution is 0.322. The molecule has 1 N–H and O–H groups in total. The molecule has 0 bridgehead atoms. The minimum absolute atomic E-state index is 0.152. The molecule has 2 aliphatic heterocycles. The van der Waals surface area contributed by atoms with Crippen LogP contribution in [-0.2, 0) is 10.0 Å². The largest absolute Gasteiger partial charge is 0.312 e. The van der Waals surface area contributed by atoms with Crippen LogP contribution in [0.2, 0.25) is 0 Å². The van der Waals surface area contributed by atoms with Crippen molar-refractivity contribution >= 4 is 21.4 Å². The van der Waals surface area contributed by atoms with Crippen LogP contribution in [0.25, 0.3) is 0 Å². The van der Waals surface area contributed by atoms with Gasteiger partial charge < -0.3 is 5.32 Å². The van der Waals surface area contributed by atoms with E-state index in [0.29, 0.717) is 16.8 Å². The third-order valence-electron chi connectivity index (χ3n) is 3.87. The number of sulfonamides is 1. The Bertz CT molecular complexity index is 492. The van der Waals surface area contributed by atoms with Gasteiger partial charge in [0.1, 0.15) is 4.21 Å². The van der Waals surface area contributed by atoms with Crippen LogP contribution in [0.4, 0.5) is 0 Å². The fraction of sp³-hybridized carbons (Fsp3) is 0.667. The summed E-state index contributed by atoms with van der Waals surface area (Å²) in [5, 5.41) is 5.27. The molecule has 2 atom stereocenters. The predicted octanol–water partition coefficient (Wildman–Crippen LogP) is 1.65. The van der Waals surface area contributed by atoms with Gasteiger partial charge in [-0.05, 0) is 43.7 Å². The van der Waals surface area contributed by atoms with Gasteiger partial charge in [0, 0.05) is 18.6 Å². The van der Waals surface area contributed by atoms with Crippen LogP contribution in [0.3, 0.4) is 0 Å². The number of nitrogens with one attached hydrogen (secondary N) is 1. The highest BCUT2D eigenvalue weighted by Crippen LogP contribution is 2.31. The van der Waals surface area contributed by atoms with E-state index in [1.807, 2.05) is 5.38 Å². The monoisotopic (exact) mass is 286 g/mol. The van der Waals surface area contributed by atoms with E-state index in [4.69, 9.17) is 0 Å². The van der Waals surface area contributed by atoms with Crippen LogP contribution < -0.4 is 5.32 Å². The molecule has 2 fully saturated rings. The molecule has 2 unspecified atom stereocenters. The number of nitrogens with zero attached hydrogens (tertiary/aromatic N) is 1. The number of hydrogen-bond acceptors (Lipinski definition) is 4. The minimum Gasteiger partial charge on any atom is -0.312 e. The Balaban J connectivity index is 1.86. The second-order valence-corrected chi connectivity index (χ2v) is 8.03. The maximum absolute atomic E-state index is 12.6. The van der Waals surface area contributed by atoms with Gasteiger partial charge in [0.2, 0.25) is 0 Å². The van der Waals surface area contributed by atoms with E-state index in [0.717, 1.165) is 32.2 Å². The lowest BCUT2D eigenvalue weighted by Crippen LogP contribution is -2.46. The van der Waals surface area contributed by atoms with E-state index in [-0.39, 0.29) is 6.04 Å². The molecule has 2 saturated heterocycles. The third-order valence-corrected chi connectivity index (χ3v) is 7.17. The molecule has 3 heterocycles. The van der Waals surface area contributed by atoms with Crippen LogP contribution in [0.5, 0.6) is 0 Å². The zero-order chi connectivity index (χ0) is 12.6. The molecule has 2 aliphatic rings. The average molecular weight is 286 g/mol. The number of thiophene rings is 1. The molecule has 0 spiro atoms. The van der Waals surface area contributed by atoms with Crippen molar-refractivity contribution in [3.63, 3.8) is 0 Å². The summed E-state index contributed by atoms with van der Waals surface area (Å²) in [7, 11) is -3.27. The molecule has 4 nitrogen and oxygen atoms in total. The second-order valence-electron chi connectivity index (χ2n) is 4.96. The Morgan fingerprint density at radius 1 is 1.33 bits per heavy atom. The first-order valence-corrected chi connectivity index (χ1v) is 8.80. The highest BCUT2D eigenvalue weighted by atomic mass is 32.2. The molecule has 0 radical (unpaired) electrons. The molecule has 0 amide bonds. The molecular weight excluding hydrogens is 268 g/mol. The van der Waals surface area contributed by atoms with Gasteiger partial charge >= 0.3 is 0 Å². The van der Waals surface area contributed by atoms with Gasteiger partial charge in [-0.15, -0.1) is 11.3 Å². The van der Waals surface area contributed by atoms with Crippen molar-refractivity contribution in [1.82, 2.24) is 9.62 Å². The first-order chi connectivity index (χ1) is 8.69. The van der Waals surface area contributed by atoms with E-state index in [9.17, 15) is 8.42 Å². The molecule has 1 aromatic rings. The normalized spacial score (nSPS) is 30.0. The van der Waals surface area contributed by atoms with Gasteiger partial charge in [-0.1, -0.05) is 6.07 Å². The average Bonchev–Trinajstić information content (AvgIpc) is 3.11. The van der Waals surface area contributed by atoms with E-state index in [2.05, 4.69) is 5.32 Å². The topological polar surface area (TPSA) is 49.4 Å². The summed E-state index contributed by atoms with van der Waals surface area (Å²) in [5.74, 6) is 0. The van der Waals surface area contributed by atoms with Crippen molar-refractivity contribution in [2.45, 2.75) is 42.0 Å². The van der Waals surface area contributed by atoms with Crippen molar-refractivity contribution in [3.8, 4) is 0 Å². The fourth-order valence-corrected chi connectivity index (χ4v) is 5.88. The fourth-order valence-electron chi connectivity index (χ4n) is 3.03. The van der Waals surface area contributed by atoms with Crippen LogP contribution in [0.15, 0.2) is 21.7 Å². The first-order valence-electron chi connectivity index (χ1n) is 6.48. The van der Waals surface area contributed by atoms with Crippen LogP contribution in [0.1, 0.15) is 25.7 Å². The van der Waals surface area contributed by atoms with Crippen molar-refractivity contribution < 1.29 is 8.42 Å². The summed E-state index contributed by atoms with van der Waals surface area (Å²) in [6.45, 7) is 1.69. The zero-order valence-corrected chi connectivity index (χ0v) is 11.8. The maximum atomic E-state index is 12.6. The highest BCUT2D eigenvalue weighted by molar-refractivity contribution is 7.91. The van der Waals surface area contributed by atoms with Gasteiger partial charge in [0.25, 0.3) is 10.0 Å². The highest BCUT2D eigenvalue weighted by Gasteiger charge is 2.40. The summed E-state index contributed by atoms with van der Waals surface area (Å²) in [6, 6.07) is 4.01. The quantitative estimate of drug-likeness (QED) is 0.919.